The molecule has 0 bridgehead atoms. The van der Waals surface area contributed by atoms with Crippen molar-refractivity contribution in [3.63, 3.8) is 0 Å². The van der Waals surface area contributed by atoms with Gasteiger partial charge in [0.2, 0.25) is 0 Å². The predicted octanol–water partition coefficient (Wildman–Crippen LogP) is 4.49. The molecule has 0 fully saturated rings. The highest BCUT2D eigenvalue weighted by Gasteiger charge is 2.23. The number of carbonyl (C=O) groups excluding carboxylic acids is 1. The maximum Gasteiger partial charge on any atom is 0.435 e. The lowest BCUT2D eigenvalue weighted by Gasteiger charge is -2.19. The first kappa shape index (κ1) is 19.6. The van der Waals surface area contributed by atoms with Crippen LogP contribution in [0.15, 0.2) is 30.5 Å². The van der Waals surface area contributed by atoms with Gasteiger partial charge in [0.1, 0.15) is 5.60 Å². The van der Waals surface area contributed by atoms with Crippen LogP contribution in [0.25, 0.3) is 10.9 Å². The number of aromatic nitrogens is 4. The number of fused-ring (bicyclic) bond motifs is 1. The third kappa shape index (κ3) is 4.05. The Morgan fingerprint density at radius 3 is 2.54 bits per heavy atom. The van der Waals surface area contributed by atoms with Crippen molar-refractivity contribution in [2.75, 3.05) is 12.4 Å². The molecule has 1 aromatic carbocycles. The van der Waals surface area contributed by atoms with Crippen molar-refractivity contribution < 1.29 is 14.3 Å². The number of hydrogen-bond donors (Lipinski definition) is 1. The summed E-state index contributed by atoms with van der Waals surface area (Å²) < 4.78 is 12.0. The third-order valence-corrected chi connectivity index (χ3v) is 3.93. The molecule has 0 atom stereocenters. The first-order valence-corrected chi connectivity index (χ1v) is 9.08. The van der Waals surface area contributed by atoms with E-state index in [0.717, 1.165) is 11.1 Å². The van der Waals surface area contributed by atoms with Gasteiger partial charge in [-0.1, -0.05) is 26.0 Å². The van der Waals surface area contributed by atoms with E-state index in [0.29, 0.717) is 23.0 Å². The van der Waals surface area contributed by atoms with Gasteiger partial charge in [-0.2, -0.15) is 4.68 Å². The van der Waals surface area contributed by atoms with E-state index in [1.165, 1.54) is 11.8 Å². The molecular weight excluding hydrogens is 358 g/mol. The minimum atomic E-state index is -0.627. The predicted molar refractivity (Wildman–Crippen MR) is 107 cm³/mol. The van der Waals surface area contributed by atoms with Crippen molar-refractivity contribution in [3.05, 3.63) is 36.2 Å². The zero-order valence-corrected chi connectivity index (χ0v) is 17.0. The van der Waals surface area contributed by atoms with E-state index < -0.39 is 11.7 Å². The van der Waals surface area contributed by atoms with Gasteiger partial charge in [-0.05, 0) is 38.8 Å². The minimum Gasteiger partial charge on any atom is -0.478 e. The molecule has 0 aliphatic rings. The SMILES string of the molecule is COc1ncc(C(C)C)nc1Nc1nn(C(=O)OC(C)(C)C)c2ccccc12. The molecule has 8 heteroatoms. The number of anilines is 2. The van der Waals surface area contributed by atoms with E-state index >= 15 is 0 Å². The van der Waals surface area contributed by atoms with Crippen LogP contribution >= 0.6 is 0 Å². The number of benzene rings is 1. The van der Waals surface area contributed by atoms with Crippen molar-refractivity contribution in [1.29, 1.82) is 0 Å². The van der Waals surface area contributed by atoms with Crippen molar-refractivity contribution in [2.45, 2.75) is 46.1 Å². The maximum absolute atomic E-state index is 12.6. The molecule has 0 amide bonds. The van der Waals surface area contributed by atoms with E-state index in [4.69, 9.17) is 9.47 Å². The molecule has 148 valence electrons. The number of hydrogen-bond acceptors (Lipinski definition) is 7. The van der Waals surface area contributed by atoms with Crippen LogP contribution in [0, 0.1) is 0 Å². The fourth-order valence-corrected chi connectivity index (χ4v) is 2.62. The molecule has 0 saturated carbocycles. The van der Waals surface area contributed by atoms with Crippen molar-refractivity contribution in [2.24, 2.45) is 0 Å². The van der Waals surface area contributed by atoms with Gasteiger partial charge in [0.15, 0.2) is 11.6 Å². The molecule has 0 radical (unpaired) electrons. The van der Waals surface area contributed by atoms with Crippen molar-refractivity contribution in [1.82, 2.24) is 19.7 Å². The van der Waals surface area contributed by atoms with Crippen molar-refractivity contribution in [3.8, 4) is 5.88 Å². The zero-order chi connectivity index (χ0) is 20.5. The van der Waals surface area contributed by atoms with Gasteiger partial charge in [-0.3, -0.25) is 0 Å². The molecule has 0 saturated heterocycles. The van der Waals surface area contributed by atoms with Gasteiger partial charge in [0.05, 0.1) is 24.5 Å². The average molecular weight is 383 g/mol. The molecule has 0 aliphatic heterocycles. The van der Waals surface area contributed by atoms with Crippen LogP contribution in [0.2, 0.25) is 0 Å². The quantitative estimate of drug-likeness (QED) is 0.710. The van der Waals surface area contributed by atoms with Crippen LogP contribution < -0.4 is 10.1 Å². The molecule has 0 unspecified atom stereocenters. The smallest absolute Gasteiger partial charge is 0.435 e. The molecule has 2 heterocycles. The topological polar surface area (TPSA) is 91.2 Å². The molecular formula is C20H25N5O3. The van der Waals surface area contributed by atoms with Crippen LogP contribution in [0.3, 0.4) is 0 Å². The van der Waals surface area contributed by atoms with E-state index in [9.17, 15) is 4.79 Å². The first-order chi connectivity index (χ1) is 13.2. The average Bonchev–Trinajstić information content (AvgIpc) is 2.99. The monoisotopic (exact) mass is 383 g/mol. The lowest BCUT2D eigenvalue weighted by molar-refractivity contribution is 0.0523. The molecule has 0 aliphatic carbocycles. The number of carbonyl (C=O) groups is 1. The Morgan fingerprint density at radius 2 is 1.89 bits per heavy atom. The van der Waals surface area contributed by atoms with Gasteiger partial charge in [-0.15, -0.1) is 5.10 Å². The summed E-state index contributed by atoms with van der Waals surface area (Å²) in [6.07, 6.45) is 1.14. The largest absolute Gasteiger partial charge is 0.478 e. The summed E-state index contributed by atoms with van der Waals surface area (Å²) in [4.78, 5) is 21.5. The highest BCUT2D eigenvalue weighted by Crippen LogP contribution is 2.30. The summed E-state index contributed by atoms with van der Waals surface area (Å²) in [5, 5.41) is 8.34. The standard InChI is InChI=1S/C20H25N5O3/c1-12(2)14-11-21-18(27-6)17(22-14)23-16-13-9-7-8-10-15(13)25(24-16)19(26)28-20(3,4)5/h7-12H,1-6H3,(H,22,23,24). The normalized spacial score (nSPS) is 11.7. The van der Waals surface area contributed by atoms with Crippen LogP contribution in [0.4, 0.5) is 16.4 Å². The van der Waals surface area contributed by atoms with Gasteiger partial charge >= 0.3 is 6.09 Å². The zero-order valence-electron chi connectivity index (χ0n) is 17.0. The highest BCUT2D eigenvalue weighted by atomic mass is 16.6. The number of rotatable bonds is 4. The summed E-state index contributed by atoms with van der Waals surface area (Å²) in [5.41, 5.74) is 0.822. The van der Waals surface area contributed by atoms with E-state index in [1.54, 1.807) is 6.20 Å². The summed E-state index contributed by atoms with van der Waals surface area (Å²) in [5.74, 6) is 1.46. The number of para-hydroxylation sites is 1. The van der Waals surface area contributed by atoms with Gasteiger partial charge in [0, 0.05) is 5.39 Å². The number of nitrogens with one attached hydrogen (secondary N) is 1. The number of ether oxygens (including phenoxy) is 2. The van der Waals surface area contributed by atoms with Crippen LogP contribution in [0.5, 0.6) is 5.88 Å². The van der Waals surface area contributed by atoms with E-state index in [2.05, 4.69) is 20.4 Å². The highest BCUT2D eigenvalue weighted by molar-refractivity contribution is 5.96. The Labute approximate surface area is 163 Å². The Balaban J connectivity index is 2.05. The fourth-order valence-electron chi connectivity index (χ4n) is 2.62. The van der Waals surface area contributed by atoms with Gasteiger partial charge in [0.25, 0.3) is 5.88 Å². The lowest BCUT2D eigenvalue weighted by Crippen LogP contribution is -2.27. The lowest BCUT2D eigenvalue weighted by atomic mass is 10.1. The van der Waals surface area contributed by atoms with Gasteiger partial charge in [-0.25, -0.2) is 14.8 Å². The van der Waals surface area contributed by atoms with Crippen LogP contribution in [-0.2, 0) is 4.74 Å². The molecule has 2 aromatic heterocycles. The minimum absolute atomic E-state index is 0.204. The first-order valence-electron chi connectivity index (χ1n) is 9.08. The number of nitrogens with zero attached hydrogens (tertiary/aromatic N) is 4. The van der Waals surface area contributed by atoms with E-state index in [1.807, 2.05) is 58.9 Å². The Bertz CT molecular complexity index is 1000. The molecule has 8 nitrogen and oxygen atoms in total. The summed E-state index contributed by atoms with van der Waals surface area (Å²) in [6, 6.07) is 7.40. The number of methoxy groups -OCH3 is 1. The molecule has 28 heavy (non-hydrogen) atoms. The Kier molecular flexibility index (Phi) is 5.22. The second-order valence-corrected chi connectivity index (χ2v) is 7.69. The second-order valence-electron chi connectivity index (χ2n) is 7.69. The Hall–Kier alpha value is -3.16. The maximum atomic E-state index is 12.6. The summed E-state index contributed by atoms with van der Waals surface area (Å²) >= 11 is 0. The third-order valence-electron chi connectivity index (χ3n) is 3.93. The van der Waals surface area contributed by atoms with Crippen molar-refractivity contribution >= 4 is 28.6 Å². The van der Waals surface area contributed by atoms with E-state index in [-0.39, 0.29) is 5.92 Å². The Morgan fingerprint density at radius 1 is 1.18 bits per heavy atom. The fraction of sp³-hybridized carbons (Fsp3) is 0.400. The molecule has 3 aromatic rings. The summed E-state index contributed by atoms with van der Waals surface area (Å²) in [6.45, 7) is 9.51. The van der Waals surface area contributed by atoms with Crippen LogP contribution in [0.1, 0.15) is 46.2 Å². The molecule has 3 rings (SSSR count). The molecule has 1 N–H and O–H groups in total. The van der Waals surface area contributed by atoms with Gasteiger partial charge < -0.3 is 14.8 Å². The summed E-state index contributed by atoms with van der Waals surface area (Å²) in [7, 11) is 1.53. The van der Waals surface area contributed by atoms with Crippen LogP contribution in [-0.4, -0.2) is 38.6 Å². The second kappa shape index (κ2) is 7.46. The molecule has 0 spiro atoms.